The van der Waals surface area contributed by atoms with Crippen LogP contribution in [0.2, 0.25) is 0 Å². The SMILES string of the molecule is CNC(=O)c1cc(Nc2ncc3ccc(-c4cnc5ncccn45)cc3n2)c[nH]1. The lowest BCUT2D eigenvalue weighted by Crippen LogP contribution is -2.17. The largest absolute Gasteiger partial charge is 0.355 e. The van der Waals surface area contributed by atoms with Crippen LogP contribution in [0, 0.1) is 0 Å². The lowest BCUT2D eigenvalue weighted by atomic mass is 10.1. The van der Waals surface area contributed by atoms with Gasteiger partial charge in [0.25, 0.3) is 5.91 Å². The maximum absolute atomic E-state index is 11.7. The fourth-order valence-corrected chi connectivity index (χ4v) is 3.15. The summed E-state index contributed by atoms with van der Waals surface area (Å²) in [6, 6.07) is 9.55. The van der Waals surface area contributed by atoms with E-state index in [4.69, 9.17) is 0 Å². The molecule has 0 radical (unpaired) electrons. The zero-order valence-corrected chi connectivity index (χ0v) is 15.4. The van der Waals surface area contributed by atoms with Gasteiger partial charge in [0, 0.05) is 42.8 Å². The Balaban J connectivity index is 1.49. The Morgan fingerprint density at radius 3 is 2.97 bits per heavy atom. The molecule has 0 unspecified atom stereocenters. The number of H-pyrrole nitrogens is 1. The Hall–Kier alpha value is -4.27. The zero-order chi connectivity index (χ0) is 19.8. The number of amides is 1. The van der Waals surface area contributed by atoms with Gasteiger partial charge in [-0.05, 0) is 18.2 Å². The molecule has 0 bridgehead atoms. The smallest absolute Gasteiger partial charge is 0.267 e. The predicted octanol–water partition coefficient (Wildman–Crippen LogP) is 2.77. The van der Waals surface area contributed by atoms with Gasteiger partial charge >= 0.3 is 0 Å². The van der Waals surface area contributed by atoms with Crippen molar-refractivity contribution in [1.82, 2.24) is 34.6 Å². The quantitative estimate of drug-likeness (QED) is 0.439. The number of carbonyl (C=O) groups is 1. The fourth-order valence-electron chi connectivity index (χ4n) is 3.15. The van der Waals surface area contributed by atoms with Crippen LogP contribution in [0.5, 0.6) is 0 Å². The minimum atomic E-state index is -0.190. The van der Waals surface area contributed by atoms with E-state index < -0.39 is 0 Å². The molecule has 29 heavy (non-hydrogen) atoms. The third kappa shape index (κ3) is 3.04. The molecule has 9 nitrogen and oxygen atoms in total. The van der Waals surface area contributed by atoms with E-state index >= 15 is 0 Å². The number of aromatic amines is 1. The maximum atomic E-state index is 11.7. The first-order valence-electron chi connectivity index (χ1n) is 8.94. The average Bonchev–Trinajstić information content (AvgIpc) is 3.40. The molecule has 142 valence electrons. The van der Waals surface area contributed by atoms with E-state index in [1.807, 2.05) is 34.9 Å². The summed E-state index contributed by atoms with van der Waals surface area (Å²) >= 11 is 0. The Morgan fingerprint density at radius 1 is 1.14 bits per heavy atom. The number of nitrogens with zero attached hydrogens (tertiary/aromatic N) is 5. The molecule has 0 fully saturated rings. The summed E-state index contributed by atoms with van der Waals surface area (Å²) in [6.45, 7) is 0. The van der Waals surface area contributed by atoms with E-state index in [0.29, 0.717) is 23.1 Å². The van der Waals surface area contributed by atoms with Crippen LogP contribution in [0.25, 0.3) is 27.9 Å². The summed E-state index contributed by atoms with van der Waals surface area (Å²) in [5.74, 6) is 0.897. The first-order valence-corrected chi connectivity index (χ1v) is 8.94. The molecule has 5 rings (SSSR count). The second-order valence-electron chi connectivity index (χ2n) is 6.41. The Morgan fingerprint density at radius 2 is 2.07 bits per heavy atom. The summed E-state index contributed by atoms with van der Waals surface area (Å²) in [6.07, 6.45) is 8.90. The van der Waals surface area contributed by atoms with Gasteiger partial charge in [0.05, 0.1) is 23.1 Å². The predicted molar refractivity (Wildman–Crippen MR) is 109 cm³/mol. The molecule has 9 heteroatoms. The van der Waals surface area contributed by atoms with E-state index in [2.05, 4.69) is 35.6 Å². The van der Waals surface area contributed by atoms with Crippen molar-refractivity contribution in [3.05, 3.63) is 67.0 Å². The standard InChI is InChI=1S/C20H16N8O/c1-21-18(29)16-8-14(10-23-16)26-19-24-9-13-4-3-12(7-15(13)27-19)17-11-25-20-22-5-2-6-28(17)20/h2-11,23H,1H3,(H,21,29)(H,24,26,27). The highest BCUT2D eigenvalue weighted by molar-refractivity contribution is 5.93. The van der Waals surface area contributed by atoms with E-state index in [1.165, 1.54) is 0 Å². The summed E-state index contributed by atoms with van der Waals surface area (Å²) in [7, 11) is 1.58. The molecule has 3 N–H and O–H groups in total. The van der Waals surface area contributed by atoms with Crippen LogP contribution in [0.4, 0.5) is 11.6 Å². The minimum Gasteiger partial charge on any atom is -0.355 e. The normalized spacial score (nSPS) is 11.1. The number of hydrogen-bond acceptors (Lipinski definition) is 6. The summed E-state index contributed by atoms with van der Waals surface area (Å²) < 4.78 is 1.93. The van der Waals surface area contributed by atoms with Crippen molar-refractivity contribution in [2.24, 2.45) is 0 Å². The highest BCUT2D eigenvalue weighted by atomic mass is 16.1. The highest BCUT2D eigenvalue weighted by Crippen LogP contribution is 2.25. The lowest BCUT2D eigenvalue weighted by Gasteiger charge is -2.06. The zero-order valence-electron chi connectivity index (χ0n) is 15.4. The van der Waals surface area contributed by atoms with Crippen molar-refractivity contribution in [2.75, 3.05) is 12.4 Å². The first kappa shape index (κ1) is 16.9. The second-order valence-corrected chi connectivity index (χ2v) is 6.41. The Labute approximate surface area is 164 Å². The van der Waals surface area contributed by atoms with Crippen molar-refractivity contribution in [3.8, 4) is 11.3 Å². The van der Waals surface area contributed by atoms with Crippen molar-refractivity contribution in [1.29, 1.82) is 0 Å². The van der Waals surface area contributed by atoms with Crippen molar-refractivity contribution >= 4 is 34.2 Å². The third-order valence-electron chi connectivity index (χ3n) is 4.58. The first-order chi connectivity index (χ1) is 14.2. The molecular formula is C20H16N8O. The van der Waals surface area contributed by atoms with Gasteiger partial charge < -0.3 is 15.6 Å². The molecule has 0 saturated heterocycles. The van der Waals surface area contributed by atoms with Gasteiger partial charge in [0.1, 0.15) is 5.69 Å². The summed E-state index contributed by atoms with van der Waals surface area (Å²) in [5.41, 5.74) is 3.86. The van der Waals surface area contributed by atoms with Crippen LogP contribution < -0.4 is 10.6 Å². The molecule has 0 aliphatic carbocycles. The number of anilines is 2. The van der Waals surface area contributed by atoms with Gasteiger partial charge in [-0.1, -0.05) is 12.1 Å². The van der Waals surface area contributed by atoms with Gasteiger partial charge in [0.2, 0.25) is 11.7 Å². The van der Waals surface area contributed by atoms with Gasteiger partial charge in [-0.15, -0.1) is 0 Å². The van der Waals surface area contributed by atoms with Crippen molar-refractivity contribution in [2.45, 2.75) is 0 Å². The van der Waals surface area contributed by atoms with Crippen LogP contribution in [0.3, 0.4) is 0 Å². The molecule has 0 aliphatic heterocycles. The van der Waals surface area contributed by atoms with Gasteiger partial charge in [0.15, 0.2) is 0 Å². The van der Waals surface area contributed by atoms with Gasteiger partial charge in [-0.3, -0.25) is 9.20 Å². The van der Waals surface area contributed by atoms with E-state index in [0.717, 1.165) is 22.2 Å². The summed E-state index contributed by atoms with van der Waals surface area (Å²) in [4.78, 5) is 32.2. The number of nitrogens with one attached hydrogen (secondary N) is 3. The van der Waals surface area contributed by atoms with Crippen LogP contribution >= 0.6 is 0 Å². The number of hydrogen-bond donors (Lipinski definition) is 3. The summed E-state index contributed by atoms with van der Waals surface area (Å²) in [5, 5.41) is 6.61. The maximum Gasteiger partial charge on any atom is 0.267 e. The monoisotopic (exact) mass is 384 g/mol. The molecular weight excluding hydrogens is 368 g/mol. The lowest BCUT2D eigenvalue weighted by molar-refractivity contribution is 0.0959. The third-order valence-corrected chi connectivity index (χ3v) is 4.58. The minimum absolute atomic E-state index is 0.190. The Kier molecular flexibility index (Phi) is 3.91. The number of fused-ring (bicyclic) bond motifs is 2. The molecule has 0 atom stereocenters. The number of aromatic nitrogens is 6. The van der Waals surface area contributed by atoms with E-state index in [9.17, 15) is 4.79 Å². The van der Waals surface area contributed by atoms with Gasteiger partial charge in [-0.25, -0.2) is 19.9 Å². The van der Waals surface area contributed by atoms with Crippen LogP contribution in [-0.4, -0.2) is 42.3 Å². The van der Waals surface area contributed by atoms with Crippen molar-refractivity contribution < 1.29 is 4.79 Å². The number of rotatable bonds is 4. The van der Waals surface area contributed by atoms with E-state index in [-0.39, 0.29) is 5.91 Å². The molecule has 1 amide bonds. The molecule has 5 aromatic rings. The second kappa shape index (κ2) is 6.71. The van der Waals surface area contributed by atoms with Crippen molar-refractivity contribution in [3.63, 3.8) is 0 Å². The average molecular weight is 384 g/mol. The molecule has 4 heterocycles. The number of imidazole rings is 1. The van der Waals surface area contributed by atoms with E-state index in [1.54, 1.807) is 37.9 Å². The van der Waals surface area contributed by atoms with Crippen LogP contribution in [-0.2, 0) is 0 Å². The number of carbonyl (C=O) groups excluding carboxylic acids is 1. The molecule has 4 aromatic heterocycles. The number of benzene rings is 1. The fraction of sp³-hybridized carbons (Fsp3) is 0.0500. The molecule has 0 spiro atoms. The molecule has 0 aliphatic rings. The highest BCUT2D eigenvalue weighted by Gasteiger charge is 2.10. The molecule has 0 saturated carbocycles. The Bertz CT molecular complexity index is 1350. The van der Waals surface area contributed by atoms with Crippen LogP contribution in [0.15, 0.2) is 61.3 Å². The topological polar surface area (TPSA) is 113 Å². The molecule has 1 aromatic carbocycles. The van der Waals surface area contributed by atoms with Crippen LogP contribution in [0.1, 0.15) is 10.5 Å². The van der Waals surface area contributed by atoms with Gasteiger partial charge in [-0.2, -0.15) is 0 Å².